The van der Waals surface area contributed by atoms with Crippen molar-refractivity contribution in [3.8, 4) is 0 Å². The summed E-state index contributed by atoms with van der Waals surface area (Å²) in [5.74, 6) is 1.36. The molecule has 0 amide bonds. The van der Waals surface area contributed by atoms with E-state index >= 15 is 0 Å². The minimum atomic E-state index is -0.266. The predicted molar refractivity (Wildman–Crippen MR) is 58.3 cm³/mol. The van der Waals surface area contributed by atoms with Gasteiger partial charge < -0.3 is 0 Å². The molecule has 1 rings (SSSR count). The van der Waals surface area contributed by atoms with Gasteiger partial charge in [0.2, 0.25) is 5.24 Å². The molecule has 0 aliphatic carbocycles. The van der Waals surface area contributed by atoms with Crippen molar-refractivity contribution in [2.45, 2.75) is 6.42 Å². The molecular weight excluding hydrogens is 204 g/mol. The van der Waals surface area contributed by atoms with Crippen molar-refractivity contribution >= 4 is 28.6 Å². The van der Waals surface area contributed by atoms with E-state index in [2.05, 4.69) is 12.1 Å². The summed E-state index contributed by atoms with van der Waals surface area (Å²) in [6.45, 7) is 0. The quantitative estimate of drug-likeness (QED) is 0.554. The molecule has 70 valence electrons. The Balaban J connectivity index is 2.17. The van der Waals surface area contributed by atoms with Crippen LogP contribution in [0.2, 0.25) is 0 Å². The Morgan fingerprint density at radius 3 is 2.62 bits per heavy atom. The molecule has 0 aromatic heterocycles. The molecule has 1 nitrogen and oxygen atoms in total. The van der Waals surface area contributed by atoms with Crippen molar-refractivity contribution in [1.29, 1.82) is 0 Å². The lowest BCUT2D eigenvalue weighted by molar-refractivity contribution is -0.109. The van der Waals surface area contributed by atoms with Gasteiger partial charge in [-0.05, 0) is 29.3 Å². The molecule has 0 unspecified atom stereocenters. The molecule has 13 heavy (non-hydrogen) atoms. The zero-order valence-corrected chi connectivity index (χ0v) is 8.77. The largest absolute Gasteiger partial charge is 0.280 e. The lowest BCUT2D eigenvalue weighted by atomic mass is 10.2. The van der Waals surface area contributed by atoms with E-state index in [-0.39, 0.29) is 5.24 Å². The van der Waals surface area contributed by atoms with Crippen LogP contribution in [0.4, 0.5) is 0 Å². The molecule has 0 heterocycles. The zero-order valence-electron chi connectivity index (χ0n) is 7.20. The second kappa shape index (κ2) is 6.06. The number of hydrogen-bond donors (Lipinski definition) is 0. The third-order valence-corrected chi connectivity index (χ3v) is 2.84. The van der Waals surface area contributed by atoms with Gasteiger partial charge in [0.1, 0.15) is 0 Å². The molecule has 0 radical (unpaired) electrons. The van der Waals surface area contributed by atoms with Crippen LogP contribution in [0.1, 0.15) is 5.56 Å². The van der Waals surface area contributed by atoms with E-state index in [4.69, 9.17) is 11.6 Å². The maximum Gasteiger partial charge on any atom is 0.231 e. The van der Waals surface area contributed by atoms with Crippen molar-refractivity contribution in [3.63, 3.8) is 0 Å². The second-order valence-corrected chi connectivity index (χ2v) is 4.17. The first kappa shape index (κ1) is 10.6. The maximum atomic E-state index is 10.4. The third-order valence-electron chi connectivity index (χ3n) is 1.59. The van der Waals surface area contributed by atoms with Gasteiger partial charge in [-0.3, -0.25) is 4.79 Å². The molecule has 0 N–H and O–H groups in total. The van der Waals surface area contributed by atoms with Gasteiger partial charge in [-0.25, -0.2) is 0 Å². The minimum absolute atomic E-state index is 0.266. The van der Waals surface area contributed by atoms with Crippen molar-refractivity contribution in [3.05, 3.63) is 35.9 Å². The highest BCUT2D eigenvalue weighted by molar-refractivity contribution is 8.00. The summed E-state index contributed by atoms with van der Waals surface area (Å²) in [6, 6.07) is 10.2. The monoisotopic (exact) mass is 214 g/mol. The molecule has 0 spiro atoms. The number of rotatable bonds is 5. The number of carbonyl (C=O) groups excluding carboxylic acids is 1. The van der Waals surface area contributed by atoms with Crippen LogP contribution in [0.15, 0.2) is 30.3 Å². The summed E-state index contributed by atoms with van der Waals surface area (Å²) >= 11 is 6.77. The Hall–Kier alpha value is -0.470. The Morgan fingerprint density at radius 2 is 2.00 bits per heavy atom. The number of carbonyl (C=O) groups is 1. The molecule has 0 atom stereocenters. The van der Waals surface area contributed by atoms with Gasteiger partial charge in [0.15, 0.2) is 0 Å². The molecule has 0 aliphatic heterocycles. The Morgan fingerprint density at radius 1 is 1.31 bits per heavy atom. The van der Waals surface area contributed by atoms with E-state index < -0.39 is 0 Å². The molecule has 1 aromatic rings. The Labute approximate surface area is 87.5 Å². The topological polar surface area (TPSA) is 17.1 Å². The smallest absolute Gasteiger partial charge is 0.231 e. The highest BCUT2D eigenvalue weighted by atomic mass is 35.5. The first-order valence-corrected chi connectivity index (χ1v) is 5.62. The average molecular weight is 215 g/mol. The number of benzene rings is 1. The third kappa shape index (κ3) is 4.96. The molecular formula is C10H11ClOS. The second-order valence-electron chi connectivity index (χ2n) is 2.64. The van der Waals surface area contributed by atoms with E-state index in [0.29, 0.717) is 5.75 Å². The molecule has 3 heteroatoms. The van der Waals surface area contributed by atoms with Gasteiger partial charge in [0.05, 0.1) is 5.75 Å². The van der Waals surface area contributed by atoms with Crippen LogP contribution >= 0.6 is 23.4 Å². The number of thioether (sulfide) groups is 1. The van der Waals surface area contributed by atoms with E-state index in [1.807, 2.05) is 18.2 Å². The van der Waals surface area contributed by atoms with Crippen molar-refractivity contribution in [2.75, 3.05) is 11.5 Å². The first-order valence-electron chi connectivity index (χ1n) is 4.09. The van der Waals surface area contributed by atoms with E-state index in [0.717, 1.165) is 12.2 Å². The minimum Gasteiger partial charge on any atom is -0.280 e. The normalized spacial score (nSPS) is 9.92. The van der Waals surface area contributed by atoms with Crippen LogP contribution in [0.25, 0.3) is 0 Å². The van der Waals surface area contributed by atoms with Crippen molar-refractivity contribution in [1.82, 2.24) is 0 Å². The molecule has 1 aromatic carbocycles. The van der Waals surface area contributed by atoms with Gasteiger partial charge in [0.25, 0.3) is 0 Å². The van der Waals surface area contributed by atoms with Gasteiger partial charge in [-0.1, -0.05) is 30.3 Å². The average Bonchev–Trinajstić information content (AvgIpc) is 2.14. The highest BCUT2D eigenvalue weighted by Gasteiger charge is 1.96. The summed E-state index contributed by atoms with van der Waals surface area (Å²) in [6.07, 6.45) is 0.996. The van der Waals surface area contributed by atoms with Crippen LogP contribution in [0.3, 0.4) is 0 Å². The van der Waals surface area contributed by atoms with Crippen LogP contribution in [-0.4, -0.2) is 16.7 Å². The fraction of sp³-hybridized carbons (Fsp3) is 0.300. The van der Waals surface area contributed by atoms with Crippen molar-refractivity contribution < 1.29 is 4.79 Å². The maximum absolute atomic E-state index is 10.4. The highest BCUT2D eigenvalue weighted by Crippen LogP contribution is 2.07. The van der Waals surface area contributed by atoms with Gasteiger partial charge >= 0.3 is 0 Å². The summed E-state index contributed by atoms with van der Waals surface area (Å²) in [4.78, 5) is 10.4. The van der Waals surface area contributed by atoms with Crippen LogP contribution in [0, 0.1) is 0 Å². The molecule has 0 bridgehead atoms. The molecule has 0 saturated carbocycles. The first-order chi connectivity index (χ1) is 6.29. The molecule has 0 aliphatic rings. The lowest BCUT2D eigenvalue weighted by Crippen LogP contribution is -1.94. The van der Waals surface area contributed by atoms with E-state index in [9.17, 15) is 4.79 Å². The van der Waals surface area contributed by atoms with Gasteiger partial charge in [0, 0.05) is 0 Å². The van der Waals surface area contributed by atoms with Crippen LogP contribution in [-0.2, 0) is 11.2 Å². The van der Waals surface area contributed by atoms with Gasteiger partial charge in [-0.15, -0.1) is 0 Å². The van der Waals surface area contributed by atoms with Crippen LogP contribution < -0.4 is 0 Å². The number of aryl methyl sites for hydroxylation is 1. The Bertz CT molecular complexity index is 261. The van der Waals surface area contributed by atoms with Crippen LogP contribution in [0.5, 0.6) is 0 Å². The van der Waals surface area contributed by atoms with Crippen molar-refractivity contribution in [2.24, 2.45) is 0 Å². The fourth-order valence-electron chi connectivity index (χ4n) is 0.987. The summed E-state index contributed by atoms with van der Waals surface area (Å²) in [7, 11) is 0. The lowest BCUT2D eigenvalue weighted by Gasteiger charge is -1.98. The summed E-state index contributed by atoms with van der Waals surface area (Å²) < 4.78 is 0. The SMILES string of the molecule is O=C(Cl)CSCCc1ccccc1. The van der Waals surface area contributed by atoms with E-state index in [1.165, 1.54) is 5.56 Å². The summed E-state index contributed by atoms with van der Waals surface area (Å²) in [5.41, 5.74) is 1.30. The van der Waals surface area contributed by atoms with Gasteiger partial charge in [-0.2, -0.15) is 11.8 Å². The Kier molecular flexibility index (Phi) is 4.94. The summed E-state index contributed by atoms with van der Waals surface area (Å²) in [5, 5.41) is -0.266. The fourth-order valence-corrected chi connectivity index (χ4v) is 1.90. The zero-order chi connectivity index (χ0) is 9.52. The van der Waals surface area contributed by atoms with E-state index in [1.54, 1.807) is 11.8 Å². The predicted octanol–water partition coefficient (Wildman–Crippen LogP) is 2.73. The molecule has 0 fully saturated rings. The number of halogens is 1. The molecule has 0 saturated heterocycles. The standard InChI is InChI=1S/C10H11ClOS/c11-10(12)8-13-7-6-9-4-2-1-3-5-9/h1-5H,6-8H2. The number of hydrogen-bond acceptors (Lipinski definition) is 2.